The van der Waals surface area contributed by atoms with Crippen LogP contribution in [0.15, 0.2) is 36.4 Å². The van der Waals surface area contributed by atoms with Gasteiger partial charge in [0.25, 0.3) is 0 Å². The highest BCUT2D eigenvalue weighted by molar-refractivity contribution is 5.67. The molecule has 2 aromatic rings. The summed E-state index contributed by atoms with van der Waals surface area (Å²) in [5.74, 6) is 0.560. The van der Waals surface area contributed by atoms with Crippen molar-refractivity contribution in [1.82, 2.24) is 4.98 Å². The highest BCUT2D eigenvalue weighted by Gasteiger charge is 2.02. The summed E-state index contributed by atoms with van der Waals surface area (Å²) in [6, 6.07) is 11.9. The number of hydrogen-bond acceptors (Lipinski definition) is 2. The van der Waals surface area contributed by atoms with E-state index in [1.807, 2.05) is 43.3 Å². The van der Waals surface area contributed by atoms with Gasteiger partial charge in [0.1, 0.15) is 5.82 Å². The molecule has 0 saturated heterocycles. The molecule has 0 aliphatic rings. The molecule has 0 aliphatic heterocycles. The summed E-state index contributed by atoms with van der Waals surface area (Å²) in [6.07, 6.45) is 0. The first kappa shape index (κ1) is 9.71. The largest absolute Gasteiger partial charge is 0.384 e. The summed E-state index contributed by atoms with van der Waals surface area (Å²) in [5, 5.41) is 0. The predicted octanol–water partition coefficient (Wildman–Crippen LogP) is 2.82. The average molecular weight is 197 g/mol. The van der Waals surface area contributed by atoms with Crippen LogP contribution in [-0.2, 0) is 0 Å². The van der Waals surface area contributed by atoms with Crippen LogP contribution in [0.3, 0.4) is 0 Å². The van der Waals surface area contributed by atoms with Crippen molar-refractivity contribution in [3.05, 3.63) is 54.6 Å². The van der Waals surface area contributed by atoms with E-state index >= 15 is 0 Å². The summed E-state index contributed by atoms with van der Waals surface area (Å²) in [4.78, 5) is 4.23. The molecule has 1 radical (unpaired) electrons. The number of benzene rings is 1. The van der Waals surface area contributed by atoms with Gasteiger partial charge in [-0.3, -0.25) is 0 Å². The van der Waals surface area contributed by atoms with Crippen molar-refractivity contribution >= 4 is 5.82 Å². The van der Waals surface area contributed by atoms with E-state index in [9.17, 15) is 0 Å². The molecule has 0 bridgehead atoms. The number of hydrogen-bond donors (Lipinski definition) is 1. The number of aromatic nitrogens is 1. The lowest BCUT2D eigenvalue weighted by Gasteiger charge is -2.06. The fraction of sp³-hybridized carbons (Fsp3) is 0.0769. The first-order valence-corrected chi connectivity index (χ1v) is 4.82. The average Bonchev–Trinajstić information content (AvgIpc) is 2.20. The van der Waals surface area contributed by atoms with Gasteiger partial charge in [-0.15, -0.1) is 0 Å². The SMILES string of the molecule is [CH2]c1ccc(-c2ccc(N)nc2C)cc1. The van der Waals surface area contributed by atoms with Crippen molar-refractivity contribution in [2.45, 2.75) is 6.92 Å². The van der Waals surface area contributed by atoms with Gasteiger partial charge in [0.05, 0.1) is 0 Å². The Balaban J connectivity index is 2.49. The lowest BCUT2D eigenvalue weighted by molar-refractivity contribution is 1.21. The maximum Gasteiger partial charge on any atom is 0.123 e. The van der Waals surface area contributed by atoms with Gasteiger partial charge < -0.3 is 5.73 Å². The van der Waals surface area contributed by atoms with Crippen LogP contribution in [0, 0.1) is 13.8 Å². The minimum absolute atomic E-state index is 0.560. The van der Waals surface area contributed by atoms with Gasteiger partial charge in [-0.2, -0.15) is 0 Å². The van der Waals surface area contributed by atoms with Crippen LogP contribution in [-0.4, -0.2) is 4.98 Å². The summed E-state index contributed by atoms with van der Waals surface area (Å²) in [6.45, 7) is 5.82. The van der Waals surface area contributed by atoms with Crippen LogP contribution in [0.5, 0.6) is 0 Å². The van der Waals surface area contributed by atoms with Gasteiger partial charge in [0, 0.05) is 11.3 Å². The maximum absolute atomic E-state index is 5.61. The third-order valence-electron chi connectivity index (χ3n) is 2.37. The van der Waals surface area contributed by atoms with Crippen molar-refractivity contribution in [3.63, 3.8) is 0 Å². The normalized spacial score (nSPS) is 10.3. The van der Waals surface area contributed by atoms with Gasteiger partial charge in [-0.1, -0.05) is 24.3 Å². The molecule has 1 heterocycles. The molecule has 0 unspecified atom stereocenters. The first-order chi connectivity index (χ1) is 7.16. The lowest BCUT2D eigenvalue weighted by Crippen LogP contribution is -1.94. The number of aryl methyl sites for hydroxylation is 1. The first-order valence-electron chi connectivity index (χ1n) is 4.82. The third-order valence-corrected chi connectivity index (χ3v) is 2.37. The standard InChI is InChI=1S/C13H13N2/c1-9-3-5-11(6-4-9)12-7-8-13(14)15-10(12)2/h3-8H,1H2,2H3,(H2,14,15). The molecule has 1 aromatic carbocycles. The second-order valence-electron chi connectivity index (χ2n) is 3.57. The number of rotatable bonds is 1. The van der Waals surface area contributed by atoms with Crippen molar-refractivity contribution < 1.29 is 0 Å². The lowest BCUT2D eigenvalue weighted by atomic mass is 10.0. The number of nitrogens with two attached hydrogens (primary N) is 1. The van der Waals surface area contributed by atoms with Gasteiger partial charge in [-0.05, 0) is 37.1 Å². The maximum atomic E-state index is 5.61. The van der Waals surface area contributed by atoms with Crippen LogP contribution in [0.25, 0.3) is 11.1 Å². The van der Waals surface area contributed by atoms with E-state index in [-0.39, 0.29) is 0 Å². The Hall–Kier alpha value is -1.83. The minimum Gasteiger partial charge on any atom is -0.384 e. The molecule has 2 heteroatoms. The molecule has 1 aromatic heterocycles. The molecule has 2 nitrogen and oxygen atoms in total. The Morgan fingerprint density at radius 1 is 1.07 bits per heavy atom. The highest BCUT2D eigenvalue weighted by atomic mass is 14.8. The Bertz CT molecular complexity index is 472. The second kappa shape index (κ2) is 3.73. The van der Waals surface area contributed by atoms with E-state index in [0.29, 0.717) is 5.82 Å². The fourth-order valence-electron chi connectivity index (χ4n) is 1.57. The Morgan fingerprint density at radius 2 is 1.73 bits per heavy atom. The Morgan fingerprint density at radius 3 is 2.33 bits per heavy atom. The quantitative estimate of drug-likeness (QED) is 0.763. The fourth-order valence-corrected chi connectivity index (χ4v) is 1.57. The molecule has 0 saturated carbocycles. The zero-order valence-electron chi connectivity index (χ0n) is 8.70. The molecular weight excluding hydrogens is 184 g/mol. The number of pyridine rings is 1. The molecule has 2 rings (SSSR count). The molecule has 0 aliphatic carbocycles. The summed E-state index contributed by atoms with van der Waals surface area (Å²) in [7, 11) is 0. The smallest absolute Gasteiger partial charge is 0.123 e. The molecule has 0 spiro atoms. The molecule has 2 N–H and O–H groups in total. The third kappa shape index (κ3) is 1.99. The molecular formula is C13H13N2. The van der Waals surface area contributed by atoms with E-state index in [1.54, 1.807) is 0 Å². The van der Waals surface area contributed by atoms with E-state index < -0.39 is 0 Å². The summed E-state index contributed by atoms with van der Waals surface area (Å²) in [5.41, 5.74) is 9.83. The van der Waals surface area contributed by atoms with E-state index in [2.05, 4.69) is 11.9 Å². The number of anilines is 1. The zero-order chi connectivity index (χ0) is 10.8. The van der Waals surface area contributed by atoms with Crippen molar-refractivity contribution in [2.75, 3.05) is 5.73 Å². The van der Waals surface area contributed by atoms with Gasteiger partial charge in [0.2, 0.25) is 0 Å². The topological polar surface area (TPSA) is 38.9 Å². The van der Waals surface area contributed by atoms with Crippen LogP contribution in [0.1, 0.15) is 11.3 Å². The number of nitrogen functional groups attached to an aromatic ring is 1. The number of nitrogens with zero attached hydrogens (tertiary/aromatic N) is 1. The van der Waals surface area contributed by atoms with E-state index in [4.69, 9.17) is 5.73 Å². The van der Waals surface area contributed by atoms with Gasteiger partial charge in [-0.25, -0.2) is 4.98 Å². The Labute approximate surface area is 89.8 Å². The zero-order valence-corrected chi connectivity index (χ0v) is 8.70. The summed E-state index contributed by atoms with van der Waals surface area (Å²) >= 11 is 0. The van der Waals surface area contributed by atoms with E-state index in [0.717, 1.165) is 22.4 Å². The van der Waals surface area contributed by atoms with Gasteiger partial charge >= 0.3 is 0 Å². The Kier molecular flexibility index (Phi) is 2.42. The molecule has 75 valence electrons. The molecule has 15 heavy (non-hydrogen) atoms. The molecule has 0 fully saturated rings. The van der Waals surface area contributed by atoms with Crippen LogP contribution >= 0.6 is 0 Å². The van der Waals surface area contributed by atoms with Crippen LogP contribution in [0.4, 0.5) is 5.82 Å². The van der Waals surface area contributed by atoms with Crippen molar-refractivity contribution in [1.29, 1.82) is 0 Å². The van der Waals surface area contributed by atoms with Crippen molar-refractivity contribution in [2.24, 2.45) is 0 Å². The van der Waals surface area contributed by atoms with Crippen LogP contribution < -0.4 is 5.73 Å². The van der Waals surface area contributed by atoms with Crippen molar-refractivity contribution in [3.8, 4) is 11.1 Å². The van der Waals surface area contributed by atoms with Crippen LogP contribution in [0.2, 0.25) is 0 Å². The summed E-state index contributed by atoms with van der Waals surface area (Å²) < 4.78 is 0. The van der Waals surface area contributed by atoms with Gasteiger partial charge in [0.15, 0.2) is 0 Å². The molecule has 0 atom stereocenters. The highest BCUT2D eigenvalue weighted by Crippen LogP contribution is 2.23. The monoisotopic (exact) mass is 197 g/mol. The minimum atomic E-state index is 0.560. The van der Waals surface area contributed by atoms with E-state index in [1.165, 1.54) is 0 Å². The second-order valence-corrected chi connectivity index (χ2v) is 3.57. The predicted molar refractivity (Wildman–Crippen MR) is 63.3 cm³/mol. The molecule has 0 amide bonds.